The van der Waals surface area contributed by atoms with Crippen LogP contribution in [0, 0.1) is 13.8 Å². The van der Waals surface area contributed by atoms with Gasteiger partial charge < -0.3 is 33.7 Å². The molecule has 356 valence electrons. The van der Waals surface area contributed by atoms with Gasteiger partial charge in [0.1, 0.15) is 38.7 Å². The molecular weight excluding hydrogens is 909 g/mol. The van der Waals surface area contributed by atoms with E-state index in [0.29, 0.717) is 30.9 Å². The van der Waals surface area contributed by atoms with Crippen molar-refractivity contribution in [2.75, 3.05) is 29.5 Å². The first-order valence-electron chi connectivity index (χ1n) is 23.5. The van der Waals surface area contributed by atoms with Gasteiger partial charge in [0.25, 0.3) is 0 Å². The van der Waals surface area contributed by atoms with Gasteiger partial charge in [0.2, 0.25) is 0 Å². The fraction of sp³-hybridized carbons (Fsp3) is 0.286. The predicted octanol–water partition coefficient (Wildman–Crippen LogP) is 8.76. The zero-order chi connectivity index (χ0) is 49.2. The molecule has 13 nitrogen and oxygen atoms in total. The number of aliphatic carboxylic acids is 1. The lowest BCUT2D eigenvalue weighted by atomic mass is 9.73. The molecule has 0 spiro atoms. The Balaban J connectivity index is 0.000000153. The number of nitrogens with zero attached hydrogens (tertiary/aromatic N) is 2. The molecule has 70 heavy (non-hydrogen) atoms. The number of hydrogen-bond donors (Lipinski definition) is 1. The number of fused-ring (bicyclic) bond motifs is 14. The van der Waals surface area contributed by atoms with Crippen molar-refractivity contribution in [3.8, 4) is 0 Å². The highest BCUT2D eigenvalue weighted by Gasteiger charge is 2.53. The third-order valence-electron chi connectivity index (χ3n) is 14.8. The van der Waals surface area contributed by atoms with Crippen molar-refractivity contribution in [1.82, 2.24) is 0 Å². The molecule has 4 aromatic carbocycles. The summed E-state index contributed by atoms with van der Waals surface area (Å²) in [5.41, 5.74) is 9.95. The Morgan fingerprint density at radius 3 is 1.79 bits per heavy atom. The van der Waals surface area contributed by atoms with E-state index in [9.17, 15) is 37.3 Å². The number of anilines is 2. The number of carbonyl (C=O) groups excluding carboxylic acids is 3. The highest BCUT2D eigenvalue weighted by molar-refractivity contribution is 7.90. The maximum Gasteiger partial charge on any atom is 0.307 e. The van der Waals surface area contributed by atoms with Gasteiger partial charge in [-0.25, -0.2) is 8.42 Å². The number of aryl methyl sites for hydroxylation is 2. The fourth-order valence-corrected chi connectivity index (χ4v) is 12.7. The molecule has 2 aliphatic carbocycles. The molecule has 1 N–H and O–H groups in total. The molecule has 14 heteroatoms. The van der Waals surface area contributed by atoms with Crippen LogP contribution in [0.2, 0.25) is 0 Å². The summed E-state index contributed by atoms with van der Waals surface area (Å²) in [6.45, 7) is 11.8. The van der Waals surface area contributed by atoms with Gasteiger partial charge >= 0.3 is 11.9 Å². The minimum absolute atomic E-state index is 0.0529. The first-order chi connectivity index (χ1) is 33.4. The van der Waals surface area contributed by atoms with E-state index in [1.807, 2.05) is 51.1 Å². The zero-order valence-corrected chi connectivity index (χ0v) is 40.1. The van der Waals surface area contributed by atoms with Crippen molar-refractivity contribution in [3.63, 3.8) is 0 Å². The van der Waals surface area contributed by atoms with E-state index in [4.69, 9.17) is 14.2 Å². The zero-order valence-electron chi connectivity index (χ0n) is 39.3. The minimum atomic E-state index is -4.97. The minimum Gasteiger partial charge on any atom is -0.744 e. The van der Waals surface area contributed by atoms with Crippen LogP contribution < -0.4 is 9.80 Å². The van der Waals surface area contributed by atoms with Gasteiger partial charge in [-0.2, -0.15) is 0 Å². The van der Waals surface area contributed by atoms with E-state index in [1.165, 1.54) is 21.9 Å². The van der Waals surface area contributed by atoms with Crippen LogP contribution in [0.5, 0.6) is 0 Å². The standard InChI is InChI=1S/C29H27NO4.C27H23NO7S/c1-4-33-26(32)16-29(3)27-21-9-5-17(2)13-18(21)7-10-23(27)30-12-11-24-22(28(29)30)14-19-6-8-20(31)15-25(19)34-24;1-14-3-5-17-15(9-14)4-6-19-25(17)27(2,13-24(30)31)26-18-10-16-11-23(36(32,33)34)20(29)12-22(16)35-21(18)7-8-28(19)26/h5-10,13-15,24H,4,11-12,16H2,1-3H3;3-6,9-12,21H,7-8,13H2,1-2H3,(H,30,31)(H,32,33,34)/p-1. The van der Waals surface area contributed by atoms with Crippen LogP contribution in [0.15, 0.2) is 153 Å². The number of benzene rings is 4. The molecule has 0 amide bonds. The summed E-state index contributed by atoms with van der Waals surface area (Å²) >= 11 is 0. The van der Waals surface area contributed by atoms with Crippen LogP contribution >= 0.6 is 0 Å². The topological polar surface area (TPSA) is 180 Å². The Bertz CT molecular complexity index is 3490. The van der Waals surface area contributed by atoms with E-state index >= 15 is 0 Å². The molecule has 0 aromatic heterocycles. The molecule has 8 aliphatic rings. The molecule has 0 fully saturated rings. The van der Waals surface area contributed by atoms with E-state index in [0.717, 1.165) is 86.5 Å². The SMILES string of the molecule is CCOC(=O)CC1(C)C2=C3C=C4C=CC(=O)C=C4OC3CCN2c2ccc3cc(C)ccc3c21.Cc1ccc2c3c(ccc2c1)N1CCC2OC4=CC(=O)C(S(=O)(=O)[O-])=CC4=CC2=C1C3(C)CC(=O)O. The normalized spacial score (nSPS) is 24.7. The van der Waals surface area contributed by atoms with Crippen LogP contribution in [-0.4, -0.2) is 73.5 Å². The Labute approximate surface area is 404 Å². The van der Waals surface area contributed by atoms with Crippen LogP contribution in [0.1, 0.15) is 68.7 Å². The summed E-state index contributed by atoms with van der Waals surface area (Å²) in [4.78, 5) is 52.9. The van der Waals surface area contributed by atoms with Crippen molar-refractivity contribution in [1.29, 1.82) is 0 Å². The Morgan fingerprint density at radius 1 is 0.729 bits per heavy atom. The number of allylic oxidation sites excluding steroid dienone is 8. The summed E-state index contributed by atoms with van der Waals surface area (Å²) in [5, 5.41) is 14.3. The molecule has 0 radical (unpaired) electrons. The largest absolute Gasteiger partial charge is 0.744 e. The third-order valence-corrected chi connectivity index (χ3v) is 15.7. The fourth-order valence-electron chi connectivity index (χ4n) is 12.1. The smallest absolute Gasteiger partial charge is 0.307 e. The van der Waals surface area contributed by atoms with E-state index < -0.39 is 43.7 Å². The van der Waals surface area contributed by atoms with Gasteiger partial charge in [0.15, 0.2) is 11.6 Å². The number of hydrogen-bond acceptors (Lipinski definition) is 12. The van der Waals surface area contributed by atoms with Gasteiger partial charge in [0, 0.05) is 94.0 Å². The second kappa shape index (κ2) is 16.1. The average Bonchev–Trinajstić information content (AvgIpc) is 3.71. The van der Waals surface area contributed by atoms with Crippen LogP contribution in [-0.2, 0) is 54.3 Å². The Kier molecular flexibility index (Phi) is 10.4. The lowest BCUT2D eigenvalue weighted by Gasteiger charge is -2.41. The predicted molar refractivity (Wildman–Crippen MR) is 263 cm³/mol. The van der Waals surface area contributed by atoms with Crippen LogP contribution in [0.3, 0.4) is 0 Å². The summed E-state index contributed by atoms with van der Waals surface area (Å²) in [7, 11) is -4.97. The lowest BCUT2D eigenvalue weighted by molar-refractivity contribution is -0.144. The number of carbonyl (C=O) groups is 4. The second-order valence-electron chi connectivity index (χ2n) is 19.6. The van der Waals surface area contributed by atoms with E-state index in [1.54, 1.807) is 18.2 Å². The summed E-state index contributed by atoms with van der Waals surface area (Å²) in [6, 6.07) is 21.1. The van der Waals surface area contributed by atoms with Crippen LogP contribution in [0.25, 0.3) is 21.5 Å². The summed E-state index contributed by atoms with van der Waals surface area (Å²) < 4.78 is 52.8. The van der Waals surface area contributed by atoms with Gasteiger partial charge in [-0.15, -0.1) is 0 Å². The number of ketones is 2. The lowest BCUT2D eigenvalue weighted by Crippen LogP contribution is -2.41. The van der Waals surface area contributed by atoms with Gasteiger partial charge in [-0.3, -0.25) is 19.2 Å². The monoisotopic (exact) mass is 957 g/mol. The Hall–Kier alpha value is -7.29. The first-order valence-corrected chi connectivity index (χ1v) is 24.9. The maximum absolute atomic E-state index is 12.9. The van der Waals surface area contributed by atoms with E-state index in [2.05, 4.69) is 66.1 Å². The molecule has 4 unspecified atom stereocenters. The maximum atomic E-state index is 12.9. The average molecular weight is 958 g/mol. The number of esters is 1. The van der Waals surface area contributed by atoms with Crippen LogP contribution in [0.4, 0.5) is 11.4 Å². The van der Waals surface area contributed by atoms with Crippen molar-refractivity contribution in [2.24, 2.45) is 0 Å². The van der Waals surface area contributed by atoms with Crippen molar-refractivity contribution >= 4 is 66.5 Å². The number of ether oxygens (including phenoxy) is 3. The molecule has 0 bridgehead atoms. The number of carboxylic acid groups (broad SMARTS) is 1. The van der Waals surface area contributed by atoms with Gasteiger partial charge in [0.05, 0.1) is 19.4 Å². The molecule has 4 atom stereocenters. The highest BCUT2D eigenvalue weighted by Crippen LogP contribution is 2.58. The van der Waals surface area contributed by atoms with Crippen molar-refractivity contribution in [2.45, 2.75) is 83.3 Å². The highest BCUT2D eigenvalue weighted by atomic mass is 32.2. The van der Waals surface area contributed by atoms with E-state index in [-0.39, 0.29) is 36.5 Å². The first kappa shape index (κ1) is 45.2. The Morgan fingerprint density at radius 2 is 1.26 bits per heavy atom. The molecule has 0 saturated carbocycles. The third kappa shape index (κ3) is 7.09. The second-order valence-corrected chi connectivity index (χ2v) is 20.9. The van der Waals surface area contributed by atoms with Gasteiger partial charge in [-0.05, 0) is 110 Å². The number of carboxylic acids is 1. The van der Waals surface area contributed by atoms with Crippen molar-refractivity contribution in [3.05, 3.63) is 176 Å². The number of rotatable bonds is 6. The molecule has 6 heterocycles. The molecule has 6 aliphatic heterocycles. The van der Waals surface area contributed by atoms with Gasteiger partial charge in [-0.1, -0.05) is 59.7 Å². The molecule has 4 aromatic rings. The molecule has 12 rings (SSSR count). The molecule has 0 saturated heterocycles. The molecular formula is C56H49N2O11S-. The van der Waals surface area contributed by atoms with Crippen molar-refractivity contribution < 1.29 is 51.5 Å². The summed E-state index contributed by atoms with van der Waals surface area (Å²) in [6.07, 6.45) is 11.8. The summed E-state index contributed by atoms with van der Waals surface area (Å²) in [5.74, 6) is -1.26. The quantitative estimate of drug-likeness (QED) is 0.143.